The van der Waals surface area contributed by atoms with Crippen molar-refractivity contribution >= 4 is 39.2 Å². The molecule has 0 saturated carbocycles. The Hall–Kier alpha value is -2.37. The number of halogens is 3. The first-order valence-electron chi connectivity index (χ1n) is 10.4. The Kier molecular flexibility index (Phi) is 7.40. The van der Waals surface area contributed by atoms with Crippen LogP contribution in [0.1, 0.15) is 33.8 Å². The number of alkyl halides is 3. The monoisotopic (exact) mass is 497 g/mol. The first-order chi connectivity index (χ1) is 15.8. The second kappa shape index (κ2) is 10.3. The molecule has 11 heteroatoms. The summed E-state index contributed by atoms with van der Waals surface area (Å²) in [5, 5.41) is 3.52. The third-order valence-corrected chi connectivity index (χ3v) is 7.27. The van der Waals surface area contributed by atoms with Crippen LogP contribution in [0.3, 0.4) is 0 Å². The van der Waals surface area contributed by atoms with E-state index in [1.54, 1.807) is 35.6 Å². The van der Waals surface area contributed by atoms with Crippen molar-refractivity contribution in [1.29, 1.82) is 0 Å². The van der Waals surface area contributed by atoms with E-state index in [4.69, 9.17) is 0 Å². The summed E-state index contributed by atoms with van der Waals surface area (Å²) in [7, 11) is 0. The Labute approximate surface area is 195 Å². The highest BCUT2D eigenvalue weighted by molar-refractivity contribution is 7.99. The number of nitrogens with one attached hydrogen (secondary N) is 2. The fourth-order valence-corrected chi connectivity index (χ4v) is 5.65. The maximum Gasteiger partial charge on any atom is 0.411 e. The number of thioether (sulfide) groups is 1. The number of aryl methyl sites for hydroxylation is 2. The molecule has 0 aliphatic heterocycles. The molecule has 1 aliphatic rings. The van der Waals surface area contributed by atoms with E-state index in [0.29, 0.717) is 23.7 Å². The van der Waals surface area contributed by atoms with Crippen molar-refractivity contribution in [2.45, 2.75) is 44.3 Å². The summed E-state index contributed by atoms with van der Waals surface area (Å²) >= 11 is 2.95. The number of amides is 1. The van der Waals surface area contributed by atoms with Crippen LogP contribution in [-0.2, 0) is 41.3 Å². The van der Waals surface area contributed by atoms with E-state index >= 15 is 0 Å². The number of hydrogen-bond acceptors (Lipinski definition) is 6. The maximum atomic E-state index is 12.5. The Morgan fingerprint density at radius 3 is 2.73 bits per heavy atom. The van der Waals surface area contributed by atoms with Gasteiger partial charge in [-0.25, -0.2) is 4.98 Å². The van der Waals surface area contributed by atoms with Crippen LogP contribution in [0.15, 0.2) is 29.1 Å². The molecular formula is C22H22F3N3O3S2. The topological polar surface area (TPSA) is 84.1 Å². The molecule has 2 aromatic heterocycles. The van der Waals surface area contributed by atoms with Crippen LogP contribution in [-0.4, -0.2) is 34.4 Å². The second-order valence-corrected chi connectivity index (χ2v) is 9.81. The third-order valence-electron chi connectivity index (χ3n) is 5.14. The average molecular weight is 498 g/mol. The molecule has 0 saturated heterocycles. The van der Waals surface area contributed by atoms with E-state index < -0.39 is 12.8 Å². The maximum absolute atomic E-state index is 12.5. The molecule has 4 rings (SSSR count). The van der Waals surface area contributed by atoms with Gasteiger partial charge < -0.3 is 15.0 Å². The van der Waals surface area contributed by atoms with Crippen molar-refractivity contribution in [2.75, 3.05) is 12.4 Å². The first-order valence-corrected chi connectivity index (χ1v) is 12.4. The standard InChI is InChI=1S/C22H22F3N3O3S2/c23-22(24,25)12-31-9-14-6-4-13(5-7-14)8-26-18(29)11-32-10-17-27-20(30)19-15-2-1-3-16(15)33-21(19)28-17/h4-7H,1-3,8-12H2,(H,26,29)(H,27,28,30). The Morgan fingerprint density at radius 1 is 1.21 bits per heavy atom. The molecule has 1 amide bonds. The average Bonchev–Trinajstić information content (AvgIpc) is 3.33. The van der Waals surface area contributed by atoms with Crippen LogP contribution in [0.5, 0.6) is 0 Å². The van der Waals surface area contributed by atoms with Gasteiger partial charge in [-0.15, -0.1) is 23.1 Å². The van der Waals surface area contributed by atoms with E-state index in [1.165, 1.54) is 16.6 Å². The van der Waals surface area contributed by atoms with Gasteiger partial charge in [-0.1, -0.05) is 24.3 Å². The van der Waals surface area contributed by atoms with Gasteiger partial charge in [0.15, 0.2) is 0 Å². The van der Waals surface area contributed by atoms with Crippen molar-refractivity contribution in [2.24, 2.45) is 0 Å². The first kappa shape index (κ1) is 23.8. The van der Waals surface area contributed by atoms with Crippen molar-refractivity contribution in [3.05, 3.63) is 62.0 Å². The van der Waals surface area contributed by atoms with Gasteiger partial charge in [0.1, 0.15) is 17.3 Å². The van der Waals surface area contributed by atoms with Gasteiger partial charge in [0, 0.05) is 11.4 Å². The van der Waals surface area contributed by atoms with Crippen LogP contribution in [0.25, 0.3) is 10.2 Å². The number of hydrogen-bond donors (Lipinski definition) is 2. The minimum absolute atomic E-state index is 0.105. The third kappa shape index (κ3) is 6.36. The Balaban J connectivity index is 1.20. The quantitative estimate of drug-likeness (QED) is 0.465. The molecule has 0 atom stereocenters. The molecule has 176 valence electrons. The molecule has 2 N–H and O–H groups in total. The number of fused-ring (bicyclic) bond motifs is 3. The summed E-state index contributed by atoms with van der Waals surface area (Å²) in [6, 6.07) is 6.82. The highest BCUT2D eigenvalue weighted by Crippen LogP contribution is 2.34. The van der Waals surface area contributed by atoms with Gasteiger partial charge in [0.05, 0.1) is 23.5 Å². The van der Waals surface area contributed by atoms with E-state index in [9.17, 15) is 22.8 Å². The minimum atomic E-state index is -4.34. The summed E-state index contributed by atoms with van der Waals surface area (Å²) in [5.74, 6) is 1.05. The number of benzene rings is 1. The number of nitrogens with zero attached hydrogens (tertiary/aromatic N) is 1. The van der Waals surface area contributed by atoms with Gasteiger partial charge in [-0.05, 0) is 36.0 Å². The van der Waals surface area contributed by atoms with Crippen LogP contribution < -0.4 is 10.9 Å². The van der Waals surface area contributed by atoms with Crippen LogP contribution in [0, 0.1) is 0 Å². The highest BCUT2D eigenvalue weighted by Gasteiger charge is 2.27. The van der Waals surface area contributed by atoms with E-state index in [0.717, 1.165) is 40.6 Å². The summed E-state index contributed by atoms with van der Waals surface area (Å²) in [4.78, 5) is 34.0. The molecule has 0 radical (unpaired) electrons. The lowest BCUT2D eigenvalue weighted by molar-refractivity contribution is -0.176. The predicted molar refractivity (Wildman–Crippen MR) is 122 cm³/mol. The highest BCUT2D eigenvalue weighted by atomic mass is 32.2. The number of aromatic amines is 1. The molecule has 0 fully saturated rings. The molecule has 3 aromatic rings. The smallest absolute Gasteiger partial charge is 0.367 e. The lowest BCUT2D eigenvalue weighted by atomic mass is 10.1. The zero-order chi connectivity index (χ0) is 23.4. The summed E-state index contributed by atoms with van der Waals surface area (Å²) < 4.78 is 41.0. The molecule has 0 spiro atoms. The van der Waals surface area contributed by atoms with Gasteiger partial charge in [-0.3, -0.25) is 9.59 Å². The van der Waals surface area contributed by atoms with Gasteiger partial charge in [0.2, 0.25) is 5.91 Å². The number of carbonyl (C=O) groups is 1. The molecule has 6 nitrogen and oxygen atoms in total. The molecule has 2 heterocycles. The number of H-pyrrole nitrogens is 1. The second-order valence-electron chi connectivity index (χ2n) is 7.74. The van der Waals surface area contributed by atoms with Gasteiger partial charge in [0.25, 0.3) is 5.56 Å². The number of carbonyl (C=O) groups excluding carboxylic acids is 1. The van der Waals surface area contributed by atoms with Crippen LogP contribution in [0.2, 0.25) is 0 Å². The minimum Gasteiger partial charge on any atom is -0.367 e. The molecule has 1 aliphatic carbocycles. The summed E-state index contributed by atoms with van der Waals surface area (Å²) in [6.07, 6.45) is -1.31. The van der Waals surface area contributed by atoms with Crippen molar-refractivity contribution in [1.82, 2.24) is 15.3 Å². The van der Waals surface area contributed by atoms with Gasteiger partial charge in [-0.2, -0.15) is 13.2 Å². The molecule has 0 bridgehead atoms. The van der Waals surface area contributed by atoms with Crippen molar-refractivity contribution in [3.63, 3.8) is 0 Å². The molecule has 33 heavy (non-hydrogen) atoms. The van der Waals surface area contributed by atoms with Gasteiger partial charge >= 0.3 is 6.18 Å². The van der Waals surface area contributed by atoms with E-state index in [-0.39, 0.29) is 23.8 Å². The molecule has 1 aromatic carbocycles. The number of thiophene rings is 1. The lowest BCUT2D eigenvalue weighted by Crippen LogP contribution is -2.24. The van der Waals surface area contributed by atoms with Crippen LogP contribution in [0.4, 0.5) is 13.2 Å². The largest absolute Gasteiger partial charge is 0.411 e. The molecular weight excluding hydrogens is 475 g/mol. The number of rotatable bonds is 9. The fourth-order valence-electron chi connectivity index (χ4n) is 3.65. The number of aromatic nitrogens is 2. The lowest BCUT2D eigenvalue weighted by Gasteiger charge is -2.09. The SMILES string of the molecule is O=C(CSCc1nc2sc3c(c2c(=O)[nH]1)CCC3)NCc1ccc(COCC(F)(F)F)cc1. The normalized spacial score (nSPS) is 13.4. The number of ether oxygens (including phenoxy) is 1. The fraction of sp³-hybridized carbons (Fsp3) is 0.409. The zero-order valence-corrected chi connectivity index (χ0v) is 19.2. The zero-order valence-electron chi connectivity index (χ0n) is 17.6. The van der Waals surface area contributed by atoms with Crippen molar-refractivity contribution < 1.29 is 22.7 Å². The summed E-state index contributed by atoms with van der Waals surface area (Å²) in [6.45, 7) is -1.10. The van der Waals surface area contributed by atoms with E-state index in [2.05, 4.69) is 20.0 Å². The van der Waals surface area contributed by atoms with Crippen LogP contribution >= 0.6 is 23.1 Å². The Morgan fingerprint density at radius 2 is 1.97 bits per heavy atom. The summed E-state index contributed by atoms with van der Waals surface area (Å²) in [5.41, 5.74) is 2.49. The molecule has 0 unspecified atom stereocenters. The predicted octanol–water partition coefficient (Wildman–Crippen LogP) is 4.10. The Bertz CT molecular complexity index is 1190. The van der Waals surface area contributed by atoms with Crippen molar-refractivity contribution in [3.8, 4) is 0 Å². The van der Waals surface area contributed by atoms with E-state index in [1.807, 2.05) is 0 Å².